The molecular weight excluding hydrogens is 524 g/mol. The first kappa shape index (κ1) is 26.9. The summed E-state index contributed by atoms with van der Waals surface area (Å²) in [6.07, 6.45) is 7.19. The topological polar surface area (TPSA) is 93.0 Å². The zero-order chi connectivity index (χ0) is 27.5. The number of benzene rings is 1. The van der Waals surface area contributed by atoms with Gasteiger partial charge in [-0.1, -0.05) is 24.9 Å². The van der Waals surface area contributed by atoms with Gasteiger partial charge in [-0.15, -0.1) is 0 Å². The van der Waals surface area contributed by atoms with Crippen molar-refractivity contribution in [2.24, 2.45) is 5.41 Å². The van der Waals surface area contributed by atoms with E-state index < -0.39 is 0 Å². The van der Waals surface area contributed by atoms with Gasteiger partial charge in [-0.3, -0.25) is 9.88 Å². The number of nitrogens with one attached hydrogen (secondary N) is 2. The molecule has 0 amide bonds. The zero-order valence-corrected chi connectivity index (χ0v) is 24.0. The lowest BCUT2D eigenvalue weighted by molar-refractivity contribution is 0.180. The molecule has 0 unspecified atom stereocenters. The van der Waals surface area contributed by atoms with E-state index in [1.54, 1.807) is 6.33 Å². The average Bonchev–Trinajstić information content (AvgIpc) is 3.30. The molecule has 0 atom stereocenters. The Morgan fingerprint density at radius 2 is 1.95 bits per heavy atom. The Morgan fingerprint density at radius 3 is 2.70 bits per heavy atom. The molecule has 2 aliphatic rings. The highest BCUT2D eigenvalue weighted by Gasteiger charge is 2.32. The van der Waals surface area contributed by atoms with E-state index in [1.807, 2.05) is 30.5 Å². The fourth-order valence-electron chi connectivity index (χ4n) is 5.52. The van der Waals surface area contributed by atoms with Crippen LogP contribution in [0, 0.1) is 12.3 Å². The van der Waals surface area contributed by atoms with E-state index in [4.69, 9.17) is 21.3 Å². The SMILES string of the molecule is Cc1ccnc(Cn2c(-c3ccc(OCCN4CCNCC4)cc3Cl)nc3c(NCC4(C)CCC4)ncnc32)c1. The molecule has 9 nitrogen and oxygen atoms in total. The van der Waals surface area contributed by atoms with Crippen molar-refractivity contribution < 1.29 is 4.74 Å². The molecule has 210 valence electrons. The molecule has 1 aliphatic carbocycles. The van der Waals surface area contributed by atoms with E-state index in [2.05, 4.69) is 55.0 Å². The highest BCUT2D eigenvalue weighted by Crippen LogP contribution is 2.40. The molecule has 0 spiro atoms. The van der Waals surface area contributed by atoms with Gasteiger partial charge in [0.1, 0.15) is 24.5 Å². The summed E-state index contributed by atoms with van der Waals surface area (Å²) in [5.74, 6) is 2.23. The van der Waals surface area contributed by atoms with Crippen LogP contribution in [0.5, 0.6) is 5.75 Å². The minimum Gasteiger partial charge on any atom is -0.492 e. The molecule has 1 saturated heterocycles. The van der Waals surface area contributed by atoms with Gasteiger partial charge in [-0.2, -0.15) is 0 Å². The van der Waals surface area contributed by atoms with Crippen molar-refractivity contribution in [1.29, 1.82) is 0 Å². The Kier molecular flexibility index (Phi) is 7.87. The number of ether oxygens (including phenoxy) is 1. The van der Waals surface area contributed by atoms with E-state index in [0.717, 1.165) is 84.6 Å². The van der Waals surface area contributed by atoms with Crippen LogP contribution in [-0.4, -0.2) is 75.3 Å². The van der Waals surface area contributed by atoms with Crippen LogP contribution < -0.4 is 15.4 Å². The maximum atomic E-state index is 6.89. The minimum atomic E-state index is 0.304. The minimum absolute atomic E-state index is 0.304. The van der Waals surface area contributed by atoms with E-state index in [1.165, 1.54) is 19.3 Å². The number of hydrogen-bond donors (Lipinski definition) is 2. The summed E-state index contributed by atoms with van der Waals surface area (Å²) in [7, 11) is 0. The molecule has 4 aromatic rings. The summed E-state index contributed by atoms with van der Waals surface area (Å²) < 4.78 is 8.15. The molecule has 0 radical (unpaired) electrons. The molecule has 1 aromatic carbocycles. The number of halogens is 1. The fraction of sp³-hybridized carbons (Fsp3) is 0.467. The standard InChI is InChI=1S/C30H37ClN8O/c1-21-6-9-33-22(16-21)18-39-28(37-26-27(35-20-36-29(26)39)34-19-30(2)7-3-8-30)24-5-4-23(17-25(24)31)40-15-14-38-12-10-32-11-13-38/h4-6,9,16-17,20,32H,3,7-8,10-15,18-19H2,1-2H3,(H,34,35,36). The van der Waals surface area contributed by atoms with Gasteiger partial charge < -0.3 is 19.9 Å². The van der Waals surface area contributed by atoms with Crippen LogP contribution >= 0.6 is 11.6 Å². The van der Waals surface area contributed by atoms with E-state index in [0.29, 0.717) is 23.6 Å². The van der Waals surface area contributed by atoms with Gasteiger partial charge in [0.05, 0.1) is 17.3 Å². The first-order valence-electron chi connectivity index (χ1n) is 14.2. The molecule has 3 aromatic heterocycles. The van der Waals surface area contributed by atoms with Crippen molar-refractivity contribution in [3.05, 3.63) is 59.1 Å². The number of nitrogens with zero attached hydrogens (tertiary/aromatic N) is 6. The molecule has 1 aliphatic heterocycles. The summed E-state index contributed by atoms with van der Waals surface area (Å²) >= 11 is 6.89. The third kappa shape index (κ3) is 5.92. The molecule has 0 bridgehead atoms. The Bertz CT molecular complexity index is 1480. The highest BCUT2D eigenvalue weighted by molar-refractivity contribution is 6.33. The van der Waals surface area contributed by atoms with Crippen LogP contribution in [0.1, 0.15) is 37.4 Å². The van der Waals surface area contributed by atoms with Gasteiger partial charge in [0.2, 0.25) is 0 Å². The van der Waals surface area contributed by atoms with Crippen molar-refractivity contribution in [3.8, 4) is 17.1 Å². The van der Waals surface area contributed by atoms with Crippen LogP contribution in [-0.2, 0) is 6.54 Å². The molecule has 6 rings (SSSR count). The largest absolute Gasteiger partial charge is 0.492 e. The lowest BCUT2D eigenvalue weighted by Gasteiger charge is -2.38. The van der Waals surface area contributed by atoms with Crippen LogP contribution in [0.3, 0.4) is 0 Å². The summed E-state index contributed by atoms with van der Waals surface area (Å²) in [5, 5.41) is 7.53. The zero-order valence-electron chi connectivity index (χ0n) is 23.3. The van der Waals surface area contributed by atoms with Gasteiger partial charge in [-0.25, -0.2) is 15.0 Å². The molecular formula is C30H37ClN8O. The third-order valence-electron chi connectivity index (χ3n) is 8.13. The second-order valence-corrected chi connectivity index (χ2v) is 11.7. The smallest absolute Gasteiger partial charge is 0.166 e. The van der Waals surface area contributed by atoms with Crippen LogP contribution in [0.2, 0.25) is 5.02 Å². The fourth-order valence-corrected chi connectivity index (χ4v) is 5.77. The summed E-state index contributed by atoms with van der Waals surface area (Å²) in [6, 6.07) is 9.92. The van der Waals surface area contributed by atoms with E-state index >= 15 is 0 Å². The maximum absolute atomic E-state index is 6.89. The Labute approximate surface area is 240 Å². The summed E-state index contributed by atoms with van der Waals surface area (Å²) in [6.45, 7) is 11.4. The second kappa shape index (κ2) is 11.7. The van der Waals surface area contributed by atoms with Gasteiger partial charge in [-0.05, 0) is 61.1 Å². The van der Waals surface area contributed by atoms with Crippen molar-refractivity contribution in [2.45, 2.75) is 39.7 Å². The van der Waals surface area contributed by atoms with Gasteiger partial charge in [0.25, 0.3) is 0 Å². The lowest BCUT2D eigenvalue weighted by Crippen LogP contribution is -2.44. The molecule has 2 fully saturated rings. The Hall–Kier alpha value is -3.27. The highest BCUT2D eigenvalue weighted by atomic mass is 35.5. The van der Waals surface area contributed by atoms with Crippen molar-refractivity contribution in [2.75, 3.05) is 51.2 Å². The van der Waals surface area contributed by atoms with Crippen molar-refractivity contribution >= 4 is 28.6 Å². The lowest BCUT2D eigenvalue weighted by atomic mass is 9.70. The average molecular weight is 561 g/mol. The second-order valence-electron chi connectivity index (χ2n) is 11.3. The predicted molar refractivity (Wildman–Crippen MR) is 159 cm³/mol. The van der Waals surface area contributed by atoms with Crippen molar-refractivity contribution in [3.63, 3.8) is 0 Å². The number of anilines is 1. The normalized spacial score (nSPS) is 17.1. The predicted octanol–water partition coefficient (Wildman–Crippen LogP) is 4.78. The molecule has 4 heterocycles. The van der Waals surface area contributed by atoms with E-state index in [-0.39, 0.29) is 0 Å². The number of pyridine rings is 1. The van der Waals surface area contributed by atoms with Gasteiger partial charge >= 0.3 is 0 Å². The molecule has 40 heavy (non-hydrogen) atoms. The van der Waals surface area contributed by atoms with Crippen LogP contribution in [0.25, 0.3) is 22.6 Å². The number of imidazole rings is 1. The summed E-state index contributed by atoms with van der Waals surface area (Å²) in [4.78, 5) is 21.3. The maximum Gasteiger partial charge on any atom is 0.166 e. The number of piperazine rings is 1. The monoisotopic (exact) mass is 560 g/mol. The third-order valence-corrected chi connectivity index (χ3v) is 8.45. The van der Waals surface area contributed by atoms with Gasteiger partial charge in [0, 0.05) is 51.0 Å². The van der Waals surface area contributed by atoms with E-state index in [9.17, 15) is 0 Å². The Morgan fingerprint density at radius 1 is 1.10 bits per heavy atom. The number of fused-ring (bicyclic) bond motifs is 1. The number of hydrogen-bond acceptors (Lipinski definition) is 8. The molecule has 2 N–H and O–H groups in total. The first-order valence-corrected chi connectivity index (χ1v) is 14.6. The van der Waals surface area contributed by atoms with Gasteiger partial charge in [0.15, 0.2) is 17.0 Å². The number of aryl methyl sites for hydroxylation is 1. The Balaban J connectivity index is 1.30. The number of aromatic nitrogens is 5. The van der Waals surface area contributed by atoms with Crippen LogP contribution in [0.4, 0.5) is 5.82 Å². The van der Waals surface area contributed by atoms with Crippen LogP contribution in [0.15, 0.2) is 42.9 Å². The number of rotatable bonds is 10. The van der Waals surface area contributed by atoms with Crippen molar-refractivity contribution in [1.82, 2.24) is 34.7 Å². The quantitative estimate of drug-likeness (QED) is 0.286. The summed E-state index contributed by atoms with van der Waals surface area (Å²) in [5.41, 5.74) is 4.70. The molecule has 10 heteroatoms. The molecule has 1 saturated carbocycles. The first-order chi connectivity index (χ1) is 19.5.